The number of anilines is 1. The van der Waals surface area contributed by atoms with Gasteiger partial charge in [-0.3, -0.25) is 4.90 Å². The molecule has 2 aliphatic heterocycles. The van der Waals surface area contributed by atoms with Crippen LogP contribution in [-0.2, 0) is 0 Å². The monoisotopic (exact) mass is 202 g/mol. The number of rotatable bonds is 1. The first-order valence-corrected chi connectivity index (χ1v) is 5.94. The Labute approximate surface area is 91.3 Å². The number of nitrogens with one attached hydrogen (secondary N) is 1. The molecule has 2 heterocycles. The van der Waals surface area contributed by atoms with E-state index in [2.05, 4.69) is 35.3 Å². The minimum Gasteiger partial charge on any atom is -0.384 e. The summed E-state index contributed by atoms with van der Waals surface area (Å²) in [6.45, 7) is 5.90. The van der Waals surface area contributed by atoms with Gasteiger partial charge in [-0.05, 0) is 44.0 Å². The van der Waals surface area contributed by atoms with E-state index in [0.29, 0.717) is 6.04 Å². The Morgan fingerprint density at radius 2 is 2.20 bits per heavy atom. The molecule has 0 amide bonds. The Bertz CT molecular complexity index is 369. The maximum atomic E-state index is 3.54. The highest BCUT2D eigenvalue weighted by molar-refractivity contribution is 5.60. The van der Waals surface area contributed by atoms with Gasteiger partial charge >= 0.3 is 0 Å². The summed E-state index contributed by atoms with van der Waals surface area (Å²) in [5.74, 6) is 0. The van der Waals surface area contributed by atoms with Gasteiger partial charge in [-0.1, -0.05) is 18.2 Å². The lowest BCUT2D eigenvalue weighted by atomic mass is 9.92. The maximum Gasteiger partial charge on any atom is 0.0418 e. The van der Waals surface area contributed by atoms with Crippen molar-refractivity contribution in [2.75, 3.05) is 25.0 Å². The molecule has 3 rings (SSSR count). The third kappa shape index (κ3) is 1.44. The maximum absolute atomic E-state index is 3.54. The van der Waals surface area contributed by atoms with Crippen molar-refractivity contribution in [3.05, 3.63) is 29.3 Å². The molecule has 0 radical (unpaired) electrons. The number of hydrogen-bond acceptors (Lipinski definition) is 2. The molecular formula is C13H18N2. The zero-order valence-electron chi connectivity index (χ0n) is 9.29. The van der Waals surface area contributed by atoms with Crippen LogP contribution in [0.1, 0.15) is 30.0 Å². The fourth-order valence-electron chi connectivity index (χ4n) is 2.73. The standard InChI is InChI=1S/C13H18N2/c1-10-4-2-5-11-12(15-8-3-9-15)6-7-14-13(10)11/h2,4-5,12,14H,3,6-9H2,1H3. The minimum absolute atomic E-state index is 0.676. The van der Waals surface area contributed by atoms with Gasteiger partial charge in [0.25, 0.3) is 0 Å². The van der Waals surface area contributed by atoms with E-state index in [9.17, 15) is 0 Å². The Kier molecular flexibility index (Phi) is 2.17. The summed E-state index contributed by atoms with van der Waals surface area (Å²) in [6.07, 6.45) is 2.64. The molecule has 1 N–H and O–H groups in total. The summed E-state index contributed by atoms with van der Waals surface area (Å²) in [7, 11) is 0. The lowest BCUT2D eigenvalue weighted by Crippen LogP contribution is -2.42. The van der Waals surface area contributed by atoms with Crippen LogP contribution >= 0.6 is 0 Å². The molecule has 0 aromatic heterocycles. The Balaban J connectivity index is 1.98. The molecule has 0 aliphatic carbocycles. The molecular weight excluding hydrogens is 184 g/mol. The molecule has 1 saturated heterocycles. The number of benzene rings is 1. The van der Waals surface area contributed by atoms with Gasteiger partial charge in [-0.2, -0.15) is 0 Å². The third-order valence-corrected chi connectivity index (χ3v) is 3.71. The fourth-order valence-corrected chi connectivity index (χ4v) is 2.73. The molecule has 2 aliphatic rings. The van der Waals surface area contributed by atoms with E-state index in [1.165, 1.54) is 42.7 Å². The molecule has 1 fully saturated rings. The van der Waals surface area contributed by atoms with Crippen LogP contribution in [0.5, 0.6) is 0 Å². The van der Waals surface area contributed by atoms with Crippen LogP contribution in [0.4, 0.5) is 5.69 Å². The highest BCUT2D eigenvalue weighted by Gasteiger charge is 2.29. The Morgan fingerprint density at radius 1 is 1.33 bits per heavy atom. The Morgan fingerprint density at radius 3 is 2.93 bits per heavy atom. The largest absolute Gasteiger partial charge is 0.384 e. The summed E-state index contributed by atoms with van der Waals surface area (Å²) >= 11 is 0. The van der Waals surface area contributed by atoms with Gasteiger partial charge in [0, 0.05) is 18.3 Å². The molecule has 0 bridgehead atoms. The number of fused-ring (bicyclic) bond motifs is 1. The molecule has 1 unspecified atom stereocenters. The predicted octanol–water partition coefficient (Wildman–Crippen LogP) is 2.56. The van der Waals surface area contributed by atoms with E-state index in [0.717, 1.165) is 6.54 Å². The van der Waals surface area contributed by atoms with Crippen molar-refractivity contribution in [2.45, 2.75) is 25.8 Å². The van der Waals surface area contributed by atoms with Gasteiger partial charge in [-0.15, -0.1) is 0 Å². The van der Waals surface area contributed by atoms with Crippen molar-refractivity contribution in [2.24, 2.45) is 0 Å². The zero-order valence-corrected chi connectivity index (χ0v) is 9.29. The van der Waals surface area contributed by atoms with Crippen molar-refractivity contribution in [1.29, 1.82) is 0 Å². The molecule has 1 aromatic rings. The number of hydrogen-bond donors (Lipinski definition) is 1. The van der Waals surface area contributed by atoms with Gasteiger partial charge < -0.3 is 5.32 Å². The first-order chi connectivity index (χ1) is 7.36. The van der Waals surface area contributed by atoms with E-state index in [-0.39, 0.29) is 0 Å². The third-order valence-electron chi connectivity index (χ3n) is 3.71. The number of likely N-dealkylation sites (tertiary alicyclic amines) is 1. The van der Waals surface area contributed by atoms with E-state index in [1.807, 2.05) is 0 Å². The van der Waals surface area contributed by atoms with Gasteiger partial charge in [0.05, 0.1) is 0 Å². The minimum atomic E-state index is 0.676. The van der Waals surface area contributed by atoms with E-state index >= 15 is 0 Å². The second-order valence-corrected chi connectivity index (χ2v) is 4.66. The van der Waals surface area contributed by atoms with Crippen LogP contribution in [0.3, 0.4) is 0 Å². The second kappa shape index (κ2) is 3.53. The van der Waals surface area contributed by atoms with Crippen LogP contribution < -0.4 is 5.32 Å². The Hall–Kier alpha value is -1.02. The quantitative estimate of drug-likeness (QED) is 0.753. The van der Waals surface area contributed by atoms with Crippen molar-refractivity contribution < 1.29 is 0 Å². The smallest absolute Gasteiger partial charge is 0.0418 e. The summed E-state index contributed by atoms with van der Waals surface area (Å²) in [4.78, 5) is 2.61. The van der Waals surface area contributed by atoms with Gasteiger partial charge in [0.2, 0.25) is 0 Å². The van der Waals surface area contributed by atoms with E-state index in [1.54, 1.807) is 0 Å². The molecule has 1 aromatic carbocycles. The summed E-state index contributed by atoms with van der Waals surface area (Å²) in [6, 6.07) is 7.35. The fraction of sp³-hybridized carbons (Fsp3) is 0.538. The molecule has 15 heavy (non-hydrogen) atoms. The van der Waals surface area contributed by atoms with E-state index in [4.69, 9.17) is 0 Å². The first-order valence-electron chi connectivity index (χ1n) is 5.94. The summed E-state index contributed by atoms with van der Waals surface area (Å²) in [5.41, 5.74) is 4.29. The highest BCUT2D eigenvalue weighted by Crippen LogP contribution is 2.37. The molecule has 1 atom stereocenters. The first kappa shape index (κ1) is 9.22. The van der Waals surface area contributed by atoms with Crippen molar-refractivity contribution in [3.63, 3.8) is 0 Å². The normalized spacial score (nSPS) is 25.3. The topological polar surface area (TPSA) is 15.3 Å². The lowest BCUT2D eigenvalue weighted by molar-refractivity contribution is 0.112. The molecule has 0 spiro atoms. The van der Waals surface area contributed by atoms with Crippen LogP contribution in [0.2, 0.25) is 0 Å². The summed E-state index contributed by atoms with van der Waals surface area (Å²) in [5, 5.41) is 3.54. The predicted molar refractivity (Wildman–Crippen MR) is 63.2 cm³/mol. The zero-order chi connectivity index (χ0) is 10.3. The van der Waals surface area contributed by atoms with Crippen molar-refractivity contribution >= 4 is 5.69 Å². The number of aryl methyl sites for hydroxylation is 1. The van der Waals surface area contributed by atoms with Gasteiger partial charge in [0.15, 0.2) is 0 Å². The average Bonchev–Trinajstić information content (AvgIpc) is 2.17. The molecule has 80 valence electrons. The lowest BCUT2D eigenvalue weighted by Gasteiger charge is -2.41. The highest BCUT2D eigenvalue weighted by atomic mass is 15.2. The second-order valence-electron chi connectivity index (χ2n) is 4.66. The van der Waals surface area contributed by atoms with Crippen molar-refractivity contribution in [3.8, 4) is 0 Å². The van der Waals surface area contributed by atoms with Crippen LogP contribution in [-0.4, -0.2) is 24.5 Å². The van der Waals surface area contributed by atoms with Gasteiger partial charge in [-0.25, -0.2) is 0 Å². The number of para-hydroxylation sites is 1. The average molecular weight is 202 g/mol. The molecule has 2 heteroatoms. The SMILES string of the molecule is Cc1cccc2c1NCCC2N1CCC1. The summed E-state index contributed by atoms with van der Waals surface area (Å²) < 4.78 is 0. The van der Waals surface area contributed by atoms with Crippen LogP contribution in [0.15, 0.2) is 18.2 Å². The molecule has 0 saturated carbocycles. The van der Waals surface area contributed by atoms with Crippen LogP contribution in [0.25, 0.3) is 0 Å². The van der Waals surface area contributed by atoms with Gasteiger partial charge in [0.1, 0.15) is 0 Å². The van der Waals surface area contributed by atoms with Crippen LogP contribution in [0, 0.1) is 6.92 Å². The molecule has 2 nitrogen and oxygen atoms in total. The van der Waals surface area contributed by atoms with Crippen molar-refractivity contribution in [1.82, 2.24) is 4.90 Å². The number of nitrogens with zero attached hydrogens (tertiary/aromatic N) is 1. The van der Waals surface area contributed by atoms with E-state index < -0.39 is 0 Å².